The Labute approximate surface area is 140 Å². The number of carbonyl (C=O) groups excluding carboxylic acids is 2. The van der Waals surface area contributed by atoms with E-state index in [1.165, 1.54) is 0 Å². The first-order valence-electron chi connectivity index (χ1n) is 7.59. The van der Waals surface area contributed by atoms with Crippen molar-refractivity contribution < 1.29 is 14.3 Å². The summed E-state index contributed by atoms with van der Waals surface area (Å²) in [5, 5.41) is 7.01. The highest BCUT2D eigenvalue weighted by atomic mass is 35.5. The summed E-state index contributed by atoms with van der Waals surface area (Å²) in [7, 11) is 1.81. The van der Waals surface area contributed by atoms with Crippen LogP contribution in [0.1, 0.15) is 42.5 Å². The minimum Gasteiger partial charge on any atom is -0.444 e. The number of nitrogens with zero attached hydrogens (tertiary/aromatic N) is 3. The van der Waals surface area contributed by atoms with Gasteiger partial charge in [-0.1, -0.05) is 0 Å². The normalized spacial score (nSPS) is 14.4. The maximum atomic E-state index is 12.2. The van der Waals surface area contributed by atoms with Crippen molar-refractivity contribution in [2.24, 2.45) is 7.05 Å². The Morgan fingerprint density at radius 3 is 2.70 bits per heavy atom. The topological polar surface area (TPSA) is 76.5 Å². The molecule has 1 aromatic heterocycles. The number of hydrogen-bond acceptors (Lipinski definition) is 4. The van der Waals surface area contributed by atoms with Crippen LogP contribution < -0.4 is 5.32 Å². The zero-order chi connectivity index (χ0) is 17.2. The van der Waals surface area contributed by atoms with E-state index in [0.717, 1.165) is 11.3 Å². The van der Waals surface area contributed by atoms with Gasteiger partial charge < -0.3 is 15.0 Å². The monoisotopic (exact) mass is 342 g/mol. The Kier molecular flexibility index (Phi) is 5.19. The molecule has 1 aromatic rings. The predicted octanol–water partition coefficient (Wildman–Crippen LogP) is 1.68. The molecule has 0 aromatic carbocycles. The fourth-order valence-electron chi connectivity index (χ4n) is 2.50. The zero-order valence-corrected chi connectivity index (χ0v) is 14.7. The molecule has 2 heterocycles. The molecule has 0 saturated heterocycles. The molecule has 0 bridgehead atoms. The van der Waals surface area contributed by atoms with Crippen LogP contribution in [-0.2, 0) is 24.8 Å². The van der Waals surface area contributed by atoms with E-state index < -0.39 is 5.60 Å². The number of alkyl halides is 1. The van der Waals surface area contributed by atoms with E-state index in [4.69, 9.17) is 16.3 Å². The molecule has 0 aliphatic carbocycles. The fraction of sp³-hybridized carbons (Fsp3) is 0.667. The van der Waals surface area contributed by atoms with E-state index in [1.54, 1.807) is 16.6 Å². The largest absolute Gasteiger partial charge is 0.444 e. The summed E-state index contributed by atoms with van der Waals surface area (Å²) in [5.74, 6) is 0.0682. The molecule has 0 unspecified atom stereocenters. The van der Waals surface area contributed by atoms with Crippen LogP contribution >= 0.6 is 11.6 Å². The van der Waals surface area contributed by atoms with Gasteiger partial charge in [0.2, 0.25) is 0 Å². The van der Waals surface area contributed by atoms with Gasteiger partial charge in [0, 0.05) is 43.7 Å². The standard InChI is InChI=1S/C15H23ClN4O3/c1-15(2,3)23-14(22)20-8-5-11-10(9-20)12(18-19(11)4)13(21)17-7-6-16/h5-9H2,1-4H3,(H,17,21). The van der Waals surface area contributed by atoms with E-state index in [2.05, 4.69) is 10.4 Å². The number of amides is 2. The van der Waals surface area contributed by atoms with Crippen molar-refractivity contribution in [1.82, 2.24) is 20.0 Å². The van der Waals surface area contributed by atoms with Crippen LogP contribution in [-0.4, -0.2) is 51.3 Å². The Morgan fingerprint density at radius 2 is 2.09 bits per heavy atom. The molecule has 0 saturated carbocycles. The molecule has 1 aliphatic heterocycles. The van der Waals surface area contributed by atoms with E-state index in [-0.39, 0.29) is 12.0 Å². The predicted molar refractivity (Wildman–Crippen MR) is 86.6 cm³/mol. The van der Waals surface area contributed by atoms with Crippen molar-refractivity contribution in [1.29, 1.82) is 0 Å². The molecule has 0 atom stereocenters. The fourth-order valence-corrected chi connectivity index (χ4v) is 2.60. The molecule has 2 rings (SSSR count). The molecule has 2 amide bonds. The van der Waals surface area contributed by atoms with Crippen LogP contribution in [0, 0.1) is 0 Å². The molecule has 1 N–H and O–H groups in total. The minimum atomic E-state index is -0.549. The molecule has 23 heavy (non-hydrogen) atoms. The highest BCUT2D eigenvalue weighted by molar-refractivity contribution is 6.18. The summed E-state index contributed by atoms with van der Waals surface area (Å²) in [6.07, 6.45) is 0.264. The summed E-state index contributed by atoms with van der Waals surface area (Å²) in [6, 6.07) is 0. The lowest BCUT2D eigenvalue weighted by atomic mass is 10.1. The van der Waals surface area contributed by atoms with Crippen molar-refractivity contribution in [2.75, 3.05) is 19.0 Å². The second kappa shape index (κ2) is 6.78. The second-order valence-corrected chi connectivity index (χ2v) is 6.87. The van der Waals surface area contributed by atoms with Crippen LogP contribution in [0.15, 0.2) is 0 Å². The molecule has 8 heteroatoms. The Balaban J connectivity index is 2.18. The van der Waals surface area contributed by atoms with Gasteiger partial charge in [-0.2, -0.15) is 5.10 Å². The smallest absolute Gasteiger partial charge is 0.410 e. The van der Waals surface area contributed by atoms with Crippen molar-refractivity contribution in [3.05, 3.63) is 17.0 Å². The first kappa shape index (κ1) is 17.6. The molecule has 0 spiro atoms. The van der Waals surface area contributed by atoms with Gasteiger partial charge in [-0.3, -0.25) is 9.48 Å². The first-order valence-corrected chi connectivity index (χ1v) is 8.13. The second-order valence-electron chi connectivity index (χ2n) is 6.49. The van der Waals surface area contributed by atoms with Gasteiger partial charge in [0.1, 0.15) is 5.60 Å². The van der Waals surface area contributed by atoms with Gasteiger partial charge in [-0.15, -0.1) is 11.6 Å². The minimum absolute atomic E-state index is 0.270. The number of nitrogens with one attached hydrogen (secondary N) is 1. The summed E-state index contributed by atoms with van der Waals surface area (Å²) < 4.78 is 7.11. The van der Waals surface area contributed by atoms with Crippen molar-refractivity contribution in [3.8, 4) is 0 Å². The van der Waals surface area contributed by atoms with Crippen molar-refractivity contribution in [2.45, 2.75) is 39.3 Å². The third kappa shape index (κ3) is 4.16. The Morgan fingerprint density at radius 1 is 1.39 bits per heavy atom. The van der Waals surface area contributed by atoms with Gasteiger partial charge in [-0.25, -0.2) is 4.79 Å². The first-order chi connectivity index (χ1) is 10.7. The third-order valence-electron chi connectivity index (χ3n) is 3.49. The van der Waals surface area contributed by atoms with E-state index in [9.17, 15) is 9.59 Å². The molecule has 0 radical (unpaired) electrons. The zero-order valence-electron chi connectivity index (χ0n) is 14.0. The molecule has 1 aliphatic rings. The number of ether oxygens (including phenoxy) is 1. The van der Waals surface area contributed by atoms with Gasteiger partial charge in [0.25, 0.3) is 5.91 Å². The summed E-state index contributed by atoms with van der Waals surface area (Å²) in [5.41, 5.74) is 1.55. The Bertz CT molecular complexity index is 607. The van der Waals surface area contributed by atoms with E-state index in [1.807, 2.05) is 20.8 Å². The highest BCUT2D eigenvalue weighted by Gasteiger charge is 2.31. The third-order valence-corrected chi connectivity index (χ3v) is 3.68. The maximum Gasteiger partial charge on any atom is 0.410 e. The lowest BCUT2D eigenvalue weighted by Gasteiger charge is -2.30. The average Bonchev–Trinajstić information content (AvgIpc) is 2.80. The number of rotatable bonds is 3. The Hall–Kier alpha value is -1.76. The molecule has 128 valence electrons. The van der Waals surface area contributed by atoms with Crippen LogP contribution in [0.4, 0.5) is 4.79 Å². The number of aromatic nitrogens is 2. The summed E-state index contributed by atoms with van der Waals surface area (Å²) in [4.78, 5) is 26.1. The lowest BCUT2D eigenvalue weighted by molar-refractivity contribution is 0.0221. The van der Waals surface area contributed by atoms with Gasteiger partial charge in [0.05, 0.1) is 6.54 Å². The van der Waals surface area contributed by atoms with E-state index in [0.29, 0.717) is 37.6 Å². The highest BCUT2D eigenvalue weighted by Crippen LogP contribution is 2.23. The molecular weight excluding hydrogens is 320 g/mol. The van der Waals surface area contributed by atoms with Crippen molar-refractivity contribution >= 4 is 23.6 Å². The lowest BCUT2D eigenvalue weighted by Crippen LogP contribution is -2.40. The van der Waals surface area contributed by atoms with Gasteiger partial charge in [0.15, 0.2) is 5.69 Å². The maximum absolute atomic E-state index is 12.2. The van der Waals surface area contributed by atoms with Gasteiger partial charge >= 0.3 is 6.09 Å². The average molecular weight is 343 g/mol. The molecular formula is C15H23ClN4O3. The quantitative estimate of drug-likeness (QED) is 0.848. The summed E-state index contributed by atoms with van der Waals surface area (Å²) in [6.45, 7) is 6.73. The molecule has 0 fully saturated rings. The number of carbonyl (C=O) groups is 2. The molecule has 7 nitrogen and oxygen atoms in total. The van der Waals surface area contributed by atoms with Crippen LogP contribution in [0.25, 0.3) is 0 Å². The van der Waals surface area contributed by atoms with Crippen LogP contribution in [0.3, 0.4) is 0 Å². The number of aryl methyl sites for hydroxylation is 1. The van der Waals surface area contributed by atoms with E-state index >= 15 is 0 Å². The van der Waals surface area contributed by atoms with Crippen LogP contribution in [0.5, 0.6) is 0 Å². The van der Waals surface area contributed by atoms with Gasteiger partial charge in [-0.05, 0) is 20.8 Å². The SMILES string of the molecule is Cn1nc(C(=O)NCCCl)c2c1CCN(C(=O)OC(C)(C)C)C2. The van der Waals surface area contributed by atoms with Crippen LogP contribution in [0.2, 0.25) is 0 Å². The summed E-state index contributed by atoms with van der Waals surface area (Å²) >= 11 is 5.60. The van der Waals surface area contributed by atoms with Crippen molar-refractivity contribution in [3.63, 3.8) is 0 Å². The number of halogens is 1. The number of fused-ring (bicyclic) bond motifs is 1. The number of hydrogen-bond donors (Lipinski definition) is 1.